The van der Waals surface area contributed by atoms with Gasteiger partial charge in [-0.05, 0) is 18.6 Å². The molecule has 0 aliphatic carbocycles. The molecule has 0 bridgehead atoms. The molecule has 23 heavy (non-hydrogen) atoms. The quantitative estimate of drug-likeness (QED) is 0.848. The minimum absolute atomic E-state index is 0.0304. The van der Waals surface area contributed by atoms with Crippen molar-refractivity contribution in [2.75, 3.05) is 11.9 Å². The molecule has 2 rings (SSSR count). The van der Waals surface area contributed by atoms with Crippen LogP contribution < -0.4 is 10.1 Å². The van der Waals surface area contributed by atoms with E-state index in [9.17, 15) is 4.79 Å². The van der Waals surface area contributed by atoms with Crippen LogP contribution in [0.25, 0.3) is 0 Å². The summed E-state index contributed by atoms with van der Waals surface area (Å²) < 4.78 is 5.55. The second-order valence-corrected chi connectivity index (χ2v) is 4.87. The van der Waals surface area contributed by atoms with E-state index in [4.69, 9.17) is 15.3 Å². The first kappa shape index (κ1) is 16.1. The van der Waals surface area contributed by atoms with Crippen molar-refractivity contribution in [3.8, 4) is 17.9 Å². The van der Waals surface area contributed by atoms with Crippen LogP contribution in [0.2, 0.25) is 0 Å². The highest BCUT2D eigenvalue weighted by atomic mass is 16.5. The number of nitrogens with zero attached hydrogens (tertiary/aromatic N) is 3. The molecule has 0 spiro atoms. The Labute approximate surface area is 133 Å². The van der Waals surface area contributed by atoms with E-state index < -0.39 is 0 Å². The van der Waals surface area contributed by atoms with E-state index >= 15 is 0 Å². The number of benzene rings is 1. The summed E-state index contributed by atoms with van der Waals surface area (Å²) in [7, 11) is 0. The molecule has 1 aromatic carbocycles. The van der Waals surface area contributed by atoms with Gasteiger partial charge in [0.1, 0.15) is 17.9 Å². The van der Waals surface area contributed by atoms with Gasteiger partial charge in [-0.15, -0.1) is 0 Å². The fourth-order valence-electron chi connectivity index (χ4n) is 1.84. The first-order valence-electron chi connectivity index (χ1n) is 7.03. The number of imidazole rings is 1. The average molecular weight is 309 g/mol. The van der Waals surface area contributed by atoms with Crippen molar-refractivity contribution < 1.29 is 9.53 Å². The second-order valence-electron chi connectivity index (χ2n) is 4.87. The lowest BCUT2D eigenvalue weighted by Crippen LogP contribution is -2.22. The number of carbonyl (C=O) groups excluding carboxylic acids is 1. The van der Waals surface area contributed by atoms with Gasteiger partial charge in [-0.1, -0.05) is 25.1 Å². The molecule has 0 fully saturated rings. The van der Waals surface area contributed by atoms with Crippen molar-refractivity contribution in [3.05, 3.63) is 41.7 Å². The maximum absolute atomic E-state index is 12.1. The van der Waals surface area contributed by atoms with Gasteiger partial charge in [0.2, 0.25) is 11.9 Å². The van der Waals surface area contributed by atoms with E-state index in [1.165, 1.54) is 0 Å². The van der Waals surface area contributed by atoms with Crippen molar-refractivity contribution in [2.24, 2.45) is 5.92 Å². The molecular weight excluding hydrogens is 294 g/mol. The Kier molecular flexibility index (Phi) is 5.32. The van der Waals surface area contributed by atoms with Crippen LogP contribution >= 0.6 is 0 Å². The summed E-state index contributed by atoms with van der Waals surface area (Å²) in [5.41, 5.74) is -0.00859. The van der Waals surface area contributed by atoms with E-state index in [-0.39, 0.29) is 29.2 Å². The van der Waals surface area contributed by atoms with Gasteiger partial charge in [0.15, 0.2) is 11.4 Å². The van der Waals surface area contributed by atoms with E-state index in [0.717, 1.165) is 5.75 Å². The molecule has 7 heteroatoms. The topological polar surface area (TPSA) is 115 Å². The normalized spacial score (nSPS) is 11.1. The van der Waals surface area contributed by atoms with Crippen LogP contribution in [0.3, 0.4) is 0 Å². The highest BCUT2D eigenvalue weighted by Gasteiger charge is 2.16. The van der Waals surface area contributed by atoms with Gasteiger partial charge in [-0.25, -0.2) is 4.98 Å². The molecule has 0 aliphatic rings. The number of aromatic amines is 1. The molecule has 2 N–H and O–H groups in total. The van der Waals surface area contributed by atoms with Crippen LogP contribution in [0.5, 0.6) is 5.75 Å². The monoisotopic (exact) mass is 309 g/mol. The zero-order valence-corrected chi connectivity index (χ0v) is 12.5. The molecule has 1 atom stereocenters. The molecule has 2 aromatic rings. The third-order valence-corrected chi connectivity index (χ3v) is 3.17. The largest absolute Gasteiger partial charge is 0.494 e. The van der Waals surface area contributed by atoms with Gasteiger partial charge < -0.3 is 9.72 Å². The second kappa shape index (κ2) is 7.62. The standard InChI is InChI=1S/C16H15N5O2/c1-11(7-8-23-12-5-3-2-4-6-12)15(22)21-16-19-13(9-17)14(10-18)20-16/h2-6,11H,7-8H2,1H3,(H2,19,20,21,22)/t11-/m0/s1. The SMILES string of the molecule is C[C@@H](CCOc1ccccc1)C(=O)Nc1nc(C#N)c(C#N)[nH]1. The molecule has 1 heterocycles. The fraction of sp³-hybridized carbons (Fsp3) is 0.250. The maximum Gasteiger partial charge on any atom is 0.229 e. The van der Waals surface area contributed by atoms with E-state index in [0.29, 0.717) is 13.0 Å². The molecule has 1 amide bonds. The van der Waals surface area contributed by atoms with Crippen LogP contribution in [0.4, 0.5) is 5.95 Å². The first-order valence-corrected chi connectivity index (χ1v) is 7.03. The number of ether oxygens (including phenoxy) is 1. The van der Waals surface area contributed by atoms with Crippen molar-refractivity contribution in [1.29, 1.82) is 10.5 Å². The number of aromatic nitrogens is 2. The molecule has 116 valence electrons. The number of hydrogen-bond donors (Lipinski definition) is 2. The number of amides is 1. The minimum atomic E-state index is -0.306. The van der Waals surface area contributed by atoms with Crippen molar-refractivity contribution in [1.82, 2.24) is 9.97 Å². The summed E-state index contributed by atoms with van der Waals surface area (Å²) >= 11 is 0. The lowest BCUT2D eigenvalue weighted by molar-refractivity contribution is -0.119. The summed E-state index contributed by atoms with van der Waals surface area (Å²) in [5, 5.41) is 20.2. The summed E-state index contributed by atoms with van der Waals surface area (Å²) in [6, 6.07) is 12.9. The summed E-state index contributed by atoms with van der Waals surface area (Å²) in [6.07, 6.45) is 0.525. The van der Waals surface area contributed by atoms with Crippen LogP contribution in [-0.4, -0.2) is 22.5 Å². The Morgan fingerprint density at radius 2 is 2.09 bits per heavy atom. The van der Waals surface area contributed by atoms with Gasteiger partial charge in [-0.3, -0.25) is 10.1 Å². The van der Waals surface area contributed by atoms with E-state index in [2.05, 4.69) is 15.3 Å². The lowest BCUT2D eigenvalue weighted by atomic mass is 10.1. The highest BCUT2D eigenvalue weighted by Crippen LogP contribution is 2.13. The number of anilines is 1. The molecule has 1 aromatic heterocycles. The predicted octanol–water partition coefficient (Wildman–Crippen LogP) is 2.20. The Morgan fingerprint density at radius 3 is 2.70 bits per heavy atom. The smallest absolute Gasteiger partial charge is 0.229 e. The van der Waals surface area contributed by atoms with Gasteiger partial charge >= 0.3 is 0 Å². The van der Waals surface area contributed by atoms with Gasteiger partial charge in [-0.2, -0.15) is 10.5 Å². The van der Waals surface area contributed by atoms with Gasteiger partial charge in [0.05, 0.1) is 6.61 Å². The number of nitrogens with one attached hydrogen (secondary N) is 2. The van der Waals surface area contributed by atoms with Gasteiger partial charge in [0.25, 0.3) is 0 Å². The van der Waals surface area contributed by atoms with Crippen molar-refractivity contribution in [3.63, 3.8) is 0 Å². The predicted molar refractivity (Wildman–Crippen MR) is 82.4 cm³/mol. The Hall–Kier alpha value is -3.32. The molecule has 0 saturated carbocycles. The van der Waals surface area contributed by atoms with Crippen LogP contribution in [-0.2, 0) is 4.79 Å². The zero-order valence-electron chi connectivity index (χ0n) is 12.5. The number of carbonyl (C=O) groups is 1. The van der Waals surface area contributed by atoms with Crippen LogP contribution in [0, 0.1) is 28.6 Å². The molecule has 0 saturated heterocycles. The minimum Gasteiger partial charge on any atom is -0.494 e. The third kappa shape index (κ3) is 4.32. The number of hydrogen-bond acceptors (Lipinski definition) is 5. The Balaban J connectivity index is 1.84. The van der Waals surface area contributed by atoms with E-state index in [1.807, 2.05) is 36.4 Å². The molecule has 7 nitrogen and oxygen atoms in total. The van der Waals surface area contributed by atoms with Crippen molar-refractivity contribution >= 4 is 11.9 Å². The lowest BCUT2D eigenvalue weighted by Gasteiger charge is -2.11. The highest BCUT2D eigenvalue weighted by molar-refractivity contribution is 5.90. The summed E-state index contributed by atoms with van der Waals surface area (Å²) in [5.74, 6) is 0.284. The molecule has 0 unspecified atom stereocenters. The number of para-hydroxylation sites is 1. The molecule has 0 aliphatic heterocycles. The summed E-state index contributed by atoms with van der Waals surface area (Å²) in [6.45, 7) is 2.17. The third-order valence-electron chi connectivity index (χ3n) is 3.17. The Morgan fingerprint density at radius 1 is 1.35 bits per heavy atom. The first-order chi connectivity index (χ1) is 11.1. The summed E-state index contributed by atoms with van der Waals surface area (Å²) in [4.78, 5) is 18.5. The number of nitriles is 2. The number of rotatable bonds is 6. The van der Waals surface area contributed by atoms with Gasteiger partial charge in [0, 0.05) is 5.92 Å². The Bertz CT molecular complexity index is 724. The molecule has 0 radical (unpaired) electrons. The van der Waals surface area contributed by atoms with Crippen molar-refractivity contribution in [2.45, 2.75) is 13.3 Å². The molecular formula is C16H15N5O2. The fourth-order valence-corrected chi connectivity index (χ4v) is 1.84. The number of H-pyrrole nitrogens is 1. The van der Waals surface area contributed by atoms with Crippen LogP contribution in [0.15, 0.2) is 30.3 Å². The van der Waals surface area contributed by atoms with E-state index in [1.54, 1.807) is 13.0 Å². The maximum atomic E-state index is 12.1. The average Bonchev–Trinajstić information content (AvgIpc) is 2.97. The van der Waals surface area contributed by atoms with Crippen LogP contribution in [0.1, 0.15) is 24.7 Å². The zero-order chi connectivity index (χ0) is 16.7.